The van der Waals surface area contributed by atoms with Gasteiger partial charge >= 0.3 is 11.9 Å². The standard InChI is InChI=1S/2C21H25NO4/c2*1-24-20-17(21(23)25-2)12-13-18(22-20)16-10-6-7-11-19(16)26-14-15-8-4-3-5-9-15/h2*6-7,10-13,15H,3-5,8-9,14H2,1-2H3. The van der Waals surface area contributed by atoms with Crippen LogP contribution in [0.4, 0.5) is 0 Å². The highest BCUT2D eigenvalue weighted by Crippen LogP contribution is 2.34. The van der Waals surface area contributed by atoms with Crippen molar-refractivity contribution < 1.29 is 38.0 Å². The second-order valence-electron chi connectivity index (χ2n) is 13.1. The van der Waals surface area contributed by atoms with Crippen molar-refractivity contribution in [1.29, 1.82) is 0 Å². The van der Waals surface area contributed by atoms with Crippen LogP contribution in [0.2, 0.25) is 0 Å². The van der Waals surface area contributed by atoms with Crippen LogP contribution in [0.15, 0.2) is 72.8 Å². The Hall–Kier alpha value is -5.12. The van der Waals surface area contributed by atoms with E-state index in [1.807, 2.05) is 48.5 Å². The third-order valence-corrected chi connectivity index (χ3v) is 9.64. The topological polar surface area (TPSA) is 115 Å². The van der Waals surface area contributed by atoms with E-state index in [0.717, 1.165) is 35.8 Å². The van der Waals surface area contributed by atoms with Gasteiger partial charge in [-0.1, -0.05) is 62.8 Å². The molecule has 276 valence electrons. The number of methoxy groups -OCH3 is 4. The highest BCUT2D eigenvalue weighted by Gasteiger charge is 2.20. The highest BCUT2D eigenvalue weighted by atomic mass is 16.5. The van der Waals surface area contributed by atoms with Gasteiger partial charge in [0.1, 0.15) is 22.6 Å². The lowest BCUT2D eigenvalue weighted by Crippen LogP contribution is -2.15. The lowest BCUT2D eigenvalue weighted by atomic mass is 9.90. The Labute approximate surface area is 306 Å². The van der Waals surface area contributed by atoms with E-state index in [1.165, 1.54) is 92.6 Å². The van der Waals surface area contributed by atoms with Gasteiger partial charge in [0.25, 0.3) is 0 Å². The molecule has 10 nitrogen and oxygen atoms in total. The minimum atomic E-state index is -0.470. The Morgan fingerprint density at radius 3 is 1.29 bits per heavy atom. The third-order valence-electron chi connectivity index (χ3n) is 9.64. The van der Waals surface area contributed by atoms with Crippen LogP contribution in [0.5, 0.6) is 23.3 Å². The molecule has 0 N–H and O–H groups in total. The molecule has 0 aliphatic heterocycles. The molecule has 0 bridgehead atoms. The number of hydrogen-bond acceptors (Lipinski definition) is 10. The van der Waals surface area contributed by atoms with E-state index in [-0.39, 0.29) is 11.8 Å². The van der Waals surface area contributed by atoms with Gasteiger partial charge < -0.3 is 28.4 Å². The number of carbonyl (C=O) groups excluding carboxylic acids is 2. The fourth-order valence-corrected chi connectivity index (χ4v) is 6.75. The van der Waals surface area contributed by atoms with E-state index in [9.17, 15) is 9.59 Å². The quantitative estimate of drug-likeness (QED) is 0.132. The number of carbonyl (C=O) groups is 2. The van der Waals surface area contributed by atoms with Crippen molar-refractivity contribution in [3.8, 4) is 45.8 Å². The van der Waals surface area contributed by atoms with Gasteiger partial charge in [-0.2, -0.15) is 0 Å². The first-order chi connectivity index (χ1) is 25.4. The van der Waals surface area contributed by atoms with Crippen LogP contribution in [0.1, 0.15) is 84.9 Å². The van der Waals surface area contributed by atoms with Crippen LogP contribution >= 0.6 is 0 Å². The summed E-state index contributed by atoms with van der Waals surface area (Å²) in [5, 5.41) is 0. The molecule has 0 amide bonds. The Morgan fingerprint density at radius 1 is 0.538 bits per heavy atom. The van der Waals surface area contributed by atoms with Gasteiger partial charge in [-0.05, 0) is 86.1 Å². The number of esters is 2. The van der Waals surface area contributed by atoms with Gasteiger partial charge in [0.2, 0.25) is 11.8 Å². The van der Waals surface area contributed by atoms with Gasteiger partial charge in [-0.25, -0.2) is 19.6 Å². The number of hydrogen-bond donors (Lipinski definition) is 0. The van der Waals surface area contributed by atoms with E-state index in [0.29, 0.717) is 34.4 Å². The number of aromatic nitrogens is 2. The van der Waals surface area contributed by atoms with Crippen molar-refractivity contribution in [2.45, 2.75) is 64.2 Å². The van der Waals surface area contributed by atoms with Crippen LogP contribution in [0.3, 0.4) is 0 Å². The maximum Gasteiger partial charge on any atom is 0.343 e. The molecule has 0 unspecified atom stereocenters. The van der Waals surface area contributed by atoms with Crippen molar-refractivity contribution in [2.75, 3.05) is 41.7 Å². The summed E-state index contributed by atoms with van der Waals surface area (Å²) in [6, 6.07) is 22.6. The average Bonchev–Trinajstić information content (AvgIpc) is 3.22. The molecule has 4 aromatic rings. The average molecular weight is 711 g/mol. The summed E-state index contributed by atoms with van der Waals surface area (Å²) in [6.45, 7) is 1.46. The van der Waals surface area contributed by atoms with E-state index >= 15 is 0 Å². The Kier molecular flexibility index (Phi) is 14.3. The maximum atomic E-state index is 11.8. The summed E-state index contributed by atoms with van der Waals surface area (Å²) >= 11 is 0. The zero-order valence-electron chi connectivity index (χ0n) is 30.7. The molecule has 52 heavy (non-hydrogen) atoms. The molecular formula is C42H50N2O8. The third kappa shape index (κ3) is 10.0. The Bertz CT molecular complexity index is 1640. The molecule has 0 radical (unpaired) electrons. The zero-order chi connectivity index (χ0) is 36.7. The molecule has 2 aromatic carbocycles. The molecule has 2 aliphatic rings. The van der Waals surface area contributed by atoms with Crippen LogP contribution in [0, 0.1) is 11.8 Å². The summed E-state index contributed by atoms with van der Waals surface area (Å²) in [6.07, 6.45) is 12.8. The summed E-state index contributed by atoms with van der Waals surface area (Å²) in [5.41, 5.74) is 3.79. The fraction of sp³-hybridized carbons (Fsp3) is 0.429. The molecular weight excluding hydrogens is 660 g/mol. The number of para-hydroxylation sites is 2. The van der Waals surface area contributed by atoms with Gasteiger partial charge in [-0.15, -0.1) is 0 Å². The summed E-state index contributed by atoms with van der Waals surface area (Å²) < 4.78 is 32.3. The number of nitrogens with zero attached hydrogens (tertiary/aromatic N) is 2. The van der Waals surface area contributed by atoms with Gasteiger partial charge in [0, 0.05) is 11.1 Å². The van der Waals surface area contributed by atoms with E-state index < -0.39 is 11.9 Å². The molecule has 2 fully saturated rings. The fourth-order valence-electron chi connectivity index (χ4n) is 6.75. The predicted octanol–water partition coefficient (Wildman–Crippen LogP) is 9.01. The van der Waals surface area contributed by atoms with E-state index in [2.05, 4.69) is 9.97 Å². The first kappa shape index (κ1) is 38.1. The number of ether oxygens (including phenoxy) is 6. The maximum absolute atomic E-state index is 11.8. The van der Waals surface area contributed by atoms with Crippen molar-refractivity contribution in [3.05, 3.63) is 83.9 Å². The summed E-state index contributed by atoms with van der Waals surface area (Å²) in [4.78, 5) is 32.6. The van der Waals surface area contributed by atoms with Gasteiger partial charge in [0.05, 0.1) is 53.0 Å². The van der Waals surface area contributed by atoms with Crippen molar-refractivity contribution in [1.82, 2.24) is 9.97 Å². The van der Waals surface area contributed by atoms with Crippen LogP contribution in [-0.4, -0.2) is 63.6 Å². The van der Waals surface area contributed by atoms with E-state index in [1.54, 1.807) is 24.3 Å². The zero-order valence-corrected chi connectivity index (χ0v) is 30.7. The first-order valence-electron chi connectivity index (χ1n) is 18.2. The first-order valence-corrected chi connectivity index (χ1v) is 18.2. The molecule has 2 heterocycles. The smallest absolute Gasteiger partial charge is 0.343 e. The second kappa shape index (κ2) is 19.5. The van der Waals surface area contributed by atoms with Crippen LogP contribution in [0.25, 0.3) is 22.5 Å². The monoisotopic (exact) mass is 710 g/mol. The van der Waals surface area contributed by atoms with Crippen LogP contribution < -0.4 is 18.9 Å². The Balaban J connectivity index is 0.000000201. The largest absolute Gasteiger partial charge is 0.493 e. The molecule has 0 saturated heterocycles. The molecule has 0 spiro atoms. The SMILES string of the molecule is COC(=O)c1ccc(-c2ccccc2OCC2CCCCC2)nc1OC.COC(=O)c1ccc(-c2ccccc2OCC2CCCCC2)nc1OC. The number of benzene rings is 2. The molecule has 2 aliphatic carbocycles. The Morgan fingerprint density at radius 2 is 0.923 bits per heavy atom. The molecule has 2 saturated carbocycles. The molecule has 2 aromatic heterocycles. The highest BCUT2D eigenvalue weighted by molar-refractivity contribution is 5.93. The molecule has 6 rings (SSSR count). The summed E-state index contributed by atoms with van der Waals surface area (Å²) in [5.74, 6) is 2.41. The molecule has 0 atom stereocenters. The predicted molar refractivity (Wildman–Crippen MR) is 199 cm³/mol. The lowest BCUT2D eigenvalue weighted by Gasteiger charge is -2.22. The van der Waals surface area contributed by atoms with Gasteiger partial charge in [-0.3, -0.25) is 0 Å². The summed E-state index contributed by atoms with van der Waals surface area (Å²) in [7, 11) is 5.66. The van der Waals surface area contributed by atoms with Crippen molar-refractivity contribution in [2.24, 2.45) is 11.8 Å². The van der Waals surface area contributed by atoms with Gasteiger partial charge in [0.15, 0.2) is 0 Å². The lowest BCUT2D eigenvalue weighted by molar-refractivity contribution is 0.0587. The molecule has 10 heteroatoms. The van der Waals surface area contributed by atoms with Crippen molar-refractivity contribution >= 4 is 11.9 Å². The second-order valence-corrected chi connectivity index (χ2v) is 13.1. The number of rotatable bonds is 12. The minimum absolute atomic E-state index is 0.247. The number of pyridine rings is 2. The van der Waals surface area contributed by atoms with E-state index in [4.69, 9.17) is 28.4 Å². The van der Waals surface area contributed by atoms with Crippen LogP contribution in [-0.2, 0) is 9.47 Å². The normalized spacial score (nSPS) is 14.7. The minimum Gasteiger partial charge on any atom is -0.493 e. The van der Waals surface area contributed by atoms with Crippen molar-refractivity contribution in [3.63, 3.8) is 0 Å².